The van der Waals surface area contributed by atoms with Crippen LogP contribution < -0.4 is 4.90 Å². The molecule has 45 heavy (non-hydrogen) atoms. The second kappa shape index (κ2) is 11.3. The number of carbonyl (C=O) groups is 1. The van der Waals surface area contributed by atoms with E-state index in [1.54, 1.807) is 0 Å². The molecule has 0 saturated carbocycles. The topological polar surface area (TPSA) is 20.3 Å². The summed E-state index contributed by atoms with van der Waals surface area (Å²) in [5.74, 6) is 0.100. The van der Waals surface area contributed by atoms with Crippen molar-refractivity contribution in [3.05, 3.63) is 187 Å². The first kappa shape index (κ1) is 26.6. The number of anilines is 3. The molecule has 0 atom stereocenters. The summed E-state index contributed by atoms with van der Waals surface area (Å²) in [4.78, 5) is 15.4. The number of benzene rings is 7. The minimum Gasteiger partial charge on any atom is -0.311 e. The number of carbonyl (C=O) groups excluding carboxylic acids is 1. The molecule has 0 radical (unpaired) electrons. The molecular formula is C43H29NO. The van der Waals surface area contributed by atoms with Crippen molar-refractivity contribution in [1.29, 1.82) is 0 Å². The standard InChI is InChI=1S/C43H29NO/c45-43-41-14-8-7-13-39(41)40-28-21-35(29-42(40)43)34-19-26-38(27-20-34)44(36-22-15-32(16-23-36)30-9-3-1-4-10-30)37-24-17-33(18-25-37)31-11-5-2-6-12-31/h1-29H. The Morgan fingerprint density at radius 2 is 0.644 bits per heavy atom. The zero-order valence-corrected chi connectivity index (χ0v) is 24.6. The Labute approximate surface area is 263 Å². The van der Waals surface area contributed by atoms with Crippen molar-refractivity contribution >= 4 is 22.8 Å². The fraction of sp³-hybridized carbons (Fsp3) is 0. The molecule has 0 spiro atoms. The van der Waals surface area contributed by atoms with Gasteiger partial charge in [0.15, 0.2) is 5.78 Å². The van der Waals surface area contributed by atoms with E-state index in [4.69, 9.17) is 0 Å². The van der Waals surface area contributed by atoms with Gasteiger partial charge >= 0.3 is 0 Å². The third-order valence-electron chi connectivity index (χ3n) is 8.65. The van der Waals surface area contributed by atoms with Gasteiger partial charge in [0.1, 0.15) is 0 Å². The summed E-state index contributed by atoms with van der Waals surface area (Å²) < 4.78 is 0. The van der Waals surface area contributed by atoms with E-state index in [-0.39, 0.29) is 5.78 Å². The Kier molecular flexibility index (Phi) is 6.66. The highest BCUT2D eigenvalue weighted by Gasteiger charge is 2.26. The van der Waals surface area contributed by atoms with E-state index in [1.165, 1.54) is 22.3 Å². The van der Waals surface area contributed by atoms with Crippen LogP contribution in [0.4, 0.5) is 17.1 Å². The maximum Gasteiger partial charge on any atom is 0.194 e. The summed E-state index contributed by atoms with van der Waals surface area (Å²) in [5, 5.41) is 0. The van der Waals surface area contributed by atoms with Crippen molar-refractivity contribution in [3.63, 3.8) is 0 Å². The summed E-state index contributed by atoms with van der Waals surface area (Å²) in [6.07, 6.45) is 0. The first-order chi connectivity index (χ1) is 22.2. The maximum atomic E-state index is 13.2. The fourth-order valence-electron chi connectivity index (χ4n) is 6.32. The number of rotatable bonds is 6. The van der Waals surface area contributed by atoms with E-state index in [1.807, 2.05) is 42.5 Å². The molecule has 2 nitrogen and oxygen atoms in total. The summed E-state index contributed by atoms with van der Waals surface area (Å²) in [5.41, 5.74) is 13.7. The van der Waals surface area contributed by atoms with Crippen LogP contribution in [0.2, 0.25) is 0 Å². The quantitative estimate of drug-likeness (QED) is 0.197. The third-order valence-corrected chi connectivity index (χ3v) is 8.65. The highest BCUT2D eigenvalue weighted by molar-refractivity contribution is 6.22. The molecule has 8 rings (SSSR count). The van der Waals surface area contributed by atoms with Gasteiger partial charge in [0.25, 0.3) is 0 Å². The van der Waals surface area contributed by atoms with Gasteiger partial charge in [-0.15, -0.1) is 0 Å². The van der Waals surface area contributed by atoms with Crippen molar-refractivity contribution in [2.24, 2.45) is 0 Å². The molecule has 0 N–H and O–H groups in total. The number of ketones is 1. The van der Waals surface area contributed by atoms with Crippen molar-refractivity contribution in [1.82, 2.24) is 0 Å². The summed E-state index contributed by atoms with van der Waals surface area (Å²) in [6.45, 7) is 0. The monoisotopic (exact) mass is 575 g/mol. The molecule has 7 aromatic rings. The van der Waals surface area contributed by atoms with Crippen LogP contribution in [-0.2, 0) is 0 Å². The first-order valence-corrected chi connectivity index (χ1v) is 15.2. The Morgan fingerprint density at radius 3 is 1.13 bits per heavy atom. The summed E-state index contributed by atoms with van der Waals surface area (Å²) >= 11 is 0. The smallest absolute Gasteiger partial charge is 0.194 e. The van der Waals surface area contributed by atoms with Gasteiger partial charge in [0.05, 0.1) is 0 Å². The molecular weight excluding hydrogens is 546 g/mol. The Morgan fingerprint density at radius 1 is 0.289 bits per heavy atom. The van der Waals surface area contributed by atoms with Gasteiger partial charge in [-0.25, -0.2) is 0 Å². The lowest BCUT2D eigenvalue weighted by Gasteiger charge is -2.26. The Balaban J connectivity index is 1.15. The van der Waals surface area contributed by atoms with Gasteiger partial charge in [-0.05, 0) is 87.0 Å². The average Bonchev–Trinajstić information content (AvgIpc) is 3.41. The van der Waals surface area contributed by atoms with Crippen LogP contribution in [0.1, 0.15) is 15.9 Å². The normalized spacial score (nSPS) is 11.6. The third kappa shape index (κ3) is 4.93. The van der Waals surface area contributed by atoms with Crippen molar-refractivity contribution in [2.75, 3.05) is 4.90 Å². The molecule has 0 bridgehead atoms. The number of hydrogen-bond acceptors (Lipinski definition) is 2. The molecule has 1 aliphatic carbocycles. The largest absolute Gasteiger partial charge is 0.311 e. The maximum absolute atomic E-state index is 13.2. The zero-order chi connectivity index (χ0) is 30.2. The van der Waals surface area contributed by atoms with Crippen LogP contribution in [-0.4, -0.2) is 5.78 Å². The molecule has 0 fully saturated rings. The van der Waals surface area contributed by atoms with E-state index >= 15 is 0 Å². The van der Waals surface area contributed by atoms with Crippen LogP contribution >= 0.6 is 0 Å². The molecule has 0 aliphatic heterocycles. The first-order valence-electron chi connectivity index (χ1n) is 15.2. The lowest BCUT2D eigenvalue weighted by molar-refractivity contribution is 0.104. The highest BCUT2D eigenvalue weighted by Crippen LogP contribution is 2.40. The van der Waals surface area contributed by atoms with Gasteiger partial charge in [-0.2, -0.15) is 0 Å². The van der Waals surface area contributed by atoms with Crippen LogP contribution in [0.25, 0.3) is 44.5 Å². The van der Waals surface area contributed by atoms with Crippen LogP contribution in [0, 0.1) is 0 Å². The van der Waals surface area contributed by atoms with Gasteiger partial charge in [-0.1, -0.05) is 133 Å². The van der Waals surface area contributed by atoms with Gasteiger partial charge in [0, 0.05) is 28.2 Å². The minimum absolute atomic E-state index is 0.100. The van der Waals surface area contributed by atoms with Crippen LogP contribution in [0.5, 0.6) is 0 Å². The molecule has 7 aromatic carbocycles. The van der Waals surface area contributed by atoms with Gasteiger partial charge in [-0.3, -0.25) is 4.79 Å². The van der Waals surface area contributed by atoms with Crippen LogP contribution in [0.15, 0.2) is 176 Å². The van der Waals surface area contributed by atoms with Crippen LogP contribution in [0.3, 0.4) is 0 Å². The van der Waals surface area contributed by atoms with Gasteiger partial charge < -0.3 is 4.90 Å². The van der Waals surface area contributed by atoms with Crippen molar-refractivity contribution < 1.29 is 4.79 Å². The van der Waals surface area contributed by atoms with E-state index < -0.39 is 0 Å². The summed E-state index contributed by atoms with van der Waals surface area (Å²) in [7, 11) is 0. The predicted octanol–water partition coefficient (Wildman–Crippen LogP) is 11.4. The Bertz CT molecular complexity index is 2050. The molecule has 0 aromatic heterocycles. The second-order valence-electron chi connectivity index (χ2n) is 11.3. The Hall–Kier alpha value is -5.99. The van der Waals surface area contributed by atoms with E-state index in [9.17, 15) is 4.79 Å². The lowest BCUT2D eigenvalue weighted by atomic mass is 9.98. The predicted molar refractivity (Wildman–Crippen MR) is 186 cm³/mol. The highest BCUT2D eigenvalue weighted by atomic mass is 16.1. The molecule has 212 valence electrons. The van der Waals surface area contributed by atoms with Crippen molar-refractivity contribution in [3.8, 4) is 44.5 Å². The molecule has 0 heterocycles. The minimum atomic E-state index is 0.100. The SMILES string of the molecule is O=C1c2ccccc2-c2ccc(-c3ccc(N(c4ccc(-c5ccccc5)cc4)c4ccc(-c5ccccc5)cc4)cc3)cc21. The molecule has 0 amide bonds. The molecule has 0 saturated heterocycles. The zero-order valence-electron chi connectivity index (χ0n) is 24.6. The van der Waals surface area contributed by atoms with E-state index in [2.05, 4.69) is 138 Å². The second-order valence-corrected chi connectivity index (χ2v) is 11.3. The average molecular weight is 576 g/mol. The molecule has 0 unspecified atom stereocenters. The lowest BCUT2D eigenvalue weighted by Crippen LogP contribution is -2.09. The molecule has 1 aliphatic rings. The number of nitrogens with zero attached hydrogens (tertiary/aromatic N) is 1. The van der Waals surface area contributed by atoms with E-state index in [0.29, 0.717) is 0 Å². The molecule has 2 heteroatoms. The number of fused-ring (bicyclic) bond motifs is 3. The van der Waals surface area contributed by atoms with Crippen molar-refractivity contribution in [2.45, 2.75) is 0 Å². The fourth-order valence-corrected chi connectivity index (χ4v) is 6.32. The summed E-state index contributed by atoms with van der Waals surface area (Å²) in [6, 6.07) is 61.1. The van der Waals surface area contributed by atoms with E-state index in [0.717, 1.165) is 50.4 Å². The number of hydrogen-bond donors (Lipinski definition) is 0. The van der Waals surface area contributed by atoms with Gasteiger partial charge in [0.2, 0.25) is 0 Å².